The summed E-state index contributed by atoms with van der Waals surface area (Å²) in [6.07, 6.45) is 3.82. The molecule has 0 aromatic heterocycles. The Morgan fingerprint density at radius 3 is 2.94 bits per heavy atom. The van der Waals surface area contributed by atoms with Crippen LogP contribution in [0.5, 0.6) is 0 Å². The van der Waals surface area contributed by atoms with Gasteiger partial charge in [0.15, 0.2) is 5.66 Å². The van der Waals surface area contributed by atoms with E-state index in [1.165, 1.54) is 0 Å². The summed E-state index contributed by atoms with van der Waals surface area (Å²) in [5, 5.41) is 4.86. The summed E-state index contributed by atoms with van der Waals surface area (Å²) in [5.74, 6) is 0. The Morgan fingerprint density at radius 2 is 2.41 bits per heavy atom. The van der Waals surface area contributed by atoms with Crippen LogP contribution in [-0.4, -0.2) is 42.1 Å². The molecule has 6 heteroatoms. The number of epoxide rings is 1. The SMILES string of the molecule is CC1(N=O)C=CN(CC(C)(C)OC[C@H]2CO2)N1. The molecule has 0 radical (unpaired) electrons. The molecule has 0 aromatic carbocycles. The van der Waals surface area contributed by atoms with Gasteiger partial charge in [-0.1, -0.05) is 0 Å². The number of hydrogen-bond donors (Lipinski definition) is 1. The standard InChI is InChI=1S/C11H19N3O3/c1-10(2,17-7-9-6-16-9)8-14-5-4-11(3,12-14)13-15/h4-5,9,12H,6-8H2,1-3H3/t9-,11?/m1/s1. The number of hydrogen-bond acceptors (Lipinski definition) is 6. The van der Waals surface area contributed by atoms with E-state index in [0.29, 0.717) is 13.2 Å². The molecule has 2 aliphatic rings. The Labute approximate surface area is 101 Å². The summed E-state index contributed by atoms with van der Waals surface area (Å²) in [6.45, 7) is 7.80. The van der Waals surface area contributed by atoms with Crippen LogP contribution in [-0.2, 0) is 9.47 Å². The maximum atomic E-state index is 10.6. The maximum Gasteiger partial charge on any atom is 0.186 e. The maximum absolute atomic E-state index is 10.6. The average Bonchev–Trinajstić information content (AvgIpc) is 3.01. The summed E-state index contributed by atoms with van der Waals surface area (Å²) in [6, 6.07) is 0. The fourth-order valence-electron chi connectivity index (χ4n) is 1.68. The molecule has 2 rings (SSSR count). The van der Waals surface area contributed by atoms with Crippen LogP contribution in [0.2, 0.25) is 0 Å². The van der Waals surface area contributed by atoms with Gasteiger partial charge in [-0.3, -0.25) is 0 Å². The predicted molar refractivity (Wildman–Crippen MR) is 63.0 cm³/mol. The lowest BCUT2D eigenvalue weighted by atomic mass is 10.1. The smallest absolute Gasteiger partial charge is 0.186 e. The molecule has 0 saturated carbocycles. The fourth-order valence-corrected chi connectivity index (χ4v) is 1.68. The van der Waals surface area contributed by atoms with Gasteiger partial charge < -0.3 is 14.5 Å². The molecule has 0 bridgehead atoms. The van der Waals surface area contributed by atoms with Crippen LogP contribution >= 0.6 is 0 Å². The third-order valence-electron chi connectivity index (χ3n) is 2.75. The van der Waals surface area contributed by atoms with Crippen molar-refractivity contribution in [3.8, 4) is 0 Å². The zero-order valence-corrected chi connectivity index (χ0v) is 10.5. The third-order valence-corrected chi connectivity index (χ3v) is 2.75. The van der Waals surface area contributed by atoms with E-state index in [1.807, 2.05) is 25.1 Å². The lowest BCUT2D eigenvalue weighted by molar-refractivity contribution is -0.0465. The third kappa shape index (κ3) is 3.49. The number of ether oxygens (including phenoxy) is 2. The van der Waals surface area contributed by atoms with E-state index in [0.717, 1.165) is 6.61 Å². The van der Waals surface area contributed by atoms with E-state index in [9.17, 15) is 4.91 Å². The highest BCUT2D eigenvalue weighted by molar-refractivity contribution is 5.07. The Kier molecular flexibility index (Phi) is 3.20. The summed E-state index contributed by atoms with van der Waals surface area (Å²) in [4.78, 5) is 10.6. The first-order valence-corrected chi connectivity index (χ1v) is 5.76. The van der Waals surface area contributed by atoms with E-state index in [-0.39, 0.29) is 11.7 Å². The van der Waals surface area contributed by atoms with Crippen molar-refractivity contribution in [1.82, 2.24) is 10.4 Å². The van der Waals surface area contributed by atoms with E-state index >= 15 is 0 Å². The molecule has 1 unspecified atom stereocenters. The van der Waals surface area contributed by atoms with Crippen molar-refractivity contribution < 1.29 is 9.47 Å². The minimum Gasteiger partial charge on any atom is -0.371 e. The number of nitroso groups, excluding NO2 is 1. The molecule has 0 amide bonds. The summed E-state index contributed by atoms with van der Waals surface area (Å²) < 4.78 is 10.9. The minimum absolute atomic E-state index is 0.262. The van der Waals surface area contributed by atoms with Gasteiger partial charge in [-0.05, 0) is 32.0 Å². The lowest BCUT2D eigenvalue weighted by Gasteiger charge is -2.31. The molecular weight excluding hydrogens is 222 g/mol. The predicted octanol–water partition coefficient (Wildman–Crippen LogP) is 0.997. The number of hydrazine groups is 1. The molecule has 1 N–H and O–H groups in total. The Morgan fingerprint density at radius 1 is 1.71 bits per heavy atom. The second kappa shape index (κ2) is 4.36. The van der Waals surface area contributed by atoms with E-state index in [2.05, 4.69) is 10.6 Å². The first kappa shape index (κ1) is 12.5. The topological polar surface area (TPSA) is 66.5 Å². The largest absolute Gasteiger partial charge is 0.371 e. The van der Waals surface area contributed by atoms with Crippen LogP contribution in [0.3, 0.4) is 0 Å². The van der Waals surface area contributed by atoms with Gasteiger partial charge >= 0.3 is 0 Å². The highest BCUT2D eigenvalue weighted by atomic mass is 16.6. The molecule has 2 aliphatic heterocycles. The molecule has 0 aliphatic carbocycles. The Bertz CT molecular complexity index is 328. The van der Waals surface area contributed by atoms with Crippen LogP contribution in [0.15, 0.2) is 17.5 Å². The van der Waals surface area contributed by atoms with Crippen molar-refractivity contribution in [2.75, 3.05) is 19.8 Å². The molecule has 2 atom stereocenters. The number of rotatable bonds is 6. The molecule has 1 fully saturated rings. The van der Waals surface area contributed by atoms with Crippen molar-refractivity contribution in [2.24, 2.45) is 5.18 Å². The van der Waals surface area contributed by atoms with Gasteiger partial charge in [0.2, 0.25) is 0 Å². The van der Waals surface area contributed by atoms with Crippen molar-refractivity contribution in [3.63, 3.8) is 0 Å². The van der Waals surface area contributed by atoms with E-state index in [1.54, 1.807) is 13.0 Å². The summed E-state index contributed by atoms with van der Waals surface area (Å²) >= 11 is 0. The molecule has 17 heavy (non-hydrogen) atoms. The average molecular weight is 241 g/mol. The first-order valence-electron chi connectivity index (χ1n) is 5.76. The van der Waals surface area contributed by atoms with Crippen molar-refractivity contribution in [2.45, 2.75) is 38.1 Å². The van der Waals surface area contributed by atoms with Crippen LogP contribution in [0, 0.1) is 4.91 Å². The lowest BCUT2D eigenvalue weighted by Crippen LogP contribution is -2.48. The zero-order valence-electron chi connectivity index (χ0n) is 10.5. The first-order chi connectivity index (χ1) is 7.92. The van der Waals surface area contributed by atoms with Gasteiger partial charge in [-0.2, -0.15) is 0 Å². The van der Waals surface area contributed by atoms with Crippen molar-refractivity contribution in [3.05, 3.63) is 17.2 Å². The van der Waals surface area contributed by atoms with Crippen LogP contribution in [0.1, 0.15) is 20.8 Å². The molecule has 1 saturated heterocycles. The van der Waals surface area contributed by atoms with E-state index < -0.39 is 5.66 Å². The molecule has 2 heterocycles. The van der Waals surface area contributed by atoms with Gasteiger partial charge in [0.05, 0.1) is 25.4 Å². The normalized spacial score (nSPS) is 31.9. The quantitative estimate of drug-likeness (QED) is 0.555. The molecule has 96 valence electrons. The Hall–Kier alpha value is -0.980. The second-order valence-electron chi connectivity index (χ2n) is 5.32. The minimum atomic E-state index is -0.838. The molecule has 6 nitrogen and oxygen atoms in total. The summed E-state index contributed by atoms with van der Waals surface area (Å²) in [5.41, 5.74) is 1.86. The van der Waals surface area contributed by atoms with Crippen molar-refractivity contribution in [1.29, 1.82) is 0 Å². The van der Waals surface area contributed by atoms with Gasteiger partial charge in [-0.25, -0.2) is 5.43 Å². The monoisotopic (exact) mass is 241 g/mol. The van der Waals surface area contributed by atoms with Crippen LogP contribution in [0.25, 0.3) is 0 Å². The number of nitrogens with one attached hydrogen (secondary N) is 1. The zero-order chi connectivity index (χ0) is 12.5. The van der Waals surface area contributed by atoms with Crippen LogP contribution < -0.4 is 5.43 Å². The highest BCUT2D eigenvalue weighted by Gasteiger charge is 2.33. The molecule has 0 aromatic rings. The van der Waals surface area contributed by atoms with Gasteiger partial charge in [0, 0.05) is 6.20 Å². The van der Waals surface area contributed by atoms with Gasteiger partial charge in [-0.15, -0.1) is 4.91 Å². The Balaban J connectivity index is 1.79. The molecular formula is C11H19N3O3. The summed E-state index contributed by atoms with van der Waals surface area (Å²) in [7, 11) is 0. The second-order valence-corrected chi connectivity index (χ2v) is 5.32. The molecule has 0 spiro atoms. The highest BCUT2D eigenvalue weighted by Crippen LogP contribution is 2.20. The van der Waals surface area contributed by atoms with Gasteiger partial charge in [0.25, 0.3) is 0 Å². The fraction of sp³-hybridized carbons (Fsp3) is 0.818. The number of nitrogens with zero attached hydrogens (tertiary/aromatic N) is 2. The van der Waals surface area contributed by atoms with Crippen LogP contribution in [0.4, 0.5) is 0 Å². The van der Waals surface area contributed by atoms with Crippen molar-refractivity contribution >= 4 is 0 Å². The van der Waals surface area contributed by atoms with Gasteiger partial charge in [0.1, 0.15) is 6.10 Å². The van der Waals surface area contributed by atoms with E-state index in [4.69, 9.17) is 9.47 Å².